The predicted molar refractivity (Wildman–Crippen MR) is 81.0 cm³/mol. The van der Waals surface area contributed by atoms with Crippen LogP contribution in [0.3, 0.4) is 0 Å². The van der Waals surface area contributed by atoms with Crippen LogP contribution >= 0.6 is 0 Å². The molecule has 1 spiro atoms. The van der Waals surface area contributed by atoms with Crippen molar-refractivity contribution in [1.82, 2.24) is 0 Å². The molecule has 4 heterocycles. The Morgan fingerprint density at radius 2 is 1.95 bits per heavy atom. The molecule has 0 N–H and O–H groups in total. The third-order valence-corrected chi connectivity index (χ3v) is 6.31. The number of hydrogen-bond acceptors (Lipinski definition) is 5. The molecular weight excluding hydrogens is 282 g/mol. The highest BCUT2D eigenvalue weighted by atomic mass is 17.3. The van der Waals surface area contributed by atoms with Crippen LogP contribution in [0.4, 0.5) is 0 Å². The van der Waals surface area contributed by atoms with E-state index in [0.717, 1.165) is 31.7 Å². The molecule has 5 nitrogen and oxygen atoms in total. The molecule has 5 fully saturated rings. The zero-order valence-corrected chi connectivity index (χ0v) is 14.0. The summed E-state index contributed by atoms with van der Waals surface area (Å²) in [5.74, 6) is 1.76. The van der Waals surface area contributed by atoms with Gasteiger partial charge in [0, 0.05) is 30.7 Å². The van der Waals surface area contributed by atoms with Crippen LogP contribution in [0, 0.1) is 23.7 Å². The molecule has 4 saturated heterocycles. The van der Waals surface area contributed by atoms with E-state index >= 15 is 0 Å². The van der Waals surface area contributed by atoms with E-state index < -0.39 is 17.7 Å². The molecule has 1 aliphatic carbocycles. The Hall–Kier alpha value is -0.650. The molecule has 1 saturated carbocycles. The van der Waals surface area contributed by atoms with Gasteiger partial charge in [0.2, 0.25) is 12.1 Å². The first-order valence-electron chi connectivity index (χ1n) is 8.76. The summed E-state index contributed by atoms with van der Waals surface area (Å²) in [5, 5.41) is 0. The summed E-state index contributed by atoms with van der Waals surface area (Å²) in [6.45, 7) is 9.27. The van der Waals surface area contributed by atoms with Gasteiger partial charge in [-0.15, -0.1) is 0 Å². The summed E-state index contributed by atoms with van der Waals surface area (Å²) < 4.78 is 12.5. The van der Waals surface area contributed by atoms with Crippen molar-refractivity contribution in [3.63, 3.8) is 0 Å². The van der Waals surface area contributed by atoms with Crippen molar-refractivity contribution in [2.45, 2.75) is 71.1 Å². The fourth-order valence-electron chi connectivity index (χ4n) is 5.11. The maximum atomic E-state index is 6.25. The van der Waals surface area contributed by atoms with Gasteiger partial charge in [0.05, 0.1) is 0 Å². The minimum atomic E-state index is -0.699. The molecule has 4 aliphatic heterocycles. The van der Waals surface area contributed by atoms with Crippen LogP contribution in [-0.2, 0) is 19.2 Å². The second kappa shape index (κ2) is 4.92. The highest BCUT2D eigenvalue weighted by Crippen LogP contribution is 2.59. The summed E-state index contributed by atoms with van der Waals surface area (Å²) in [4.78, 5) is 16.4. The largest absolute Gasteiger partial charge is 0.448 e. The lowest BCUT2D eigenvalue weighted by molar-refractivity contribution is -0.557. The van der Waals surface area contributed by atoms with Crippen molar-refractivity contribution in [3.05, 3.63) is 0 Å². The normalized spacial score (nSPS) is 55.5. The summed E-state index contributed by atoms with van der Waals surface area (Å²) in [7, 11) is 0. The Balaban J connectivity index is 1.80. The van der Waals surface area contributed by atoms with E-state index in [2.05, 4.69) is 18.8 Å². The third-order valence-electron chi connectivity index (χ3n) is 6.31. The van der Waals surface area contributed by atoms with Gasteiger partial charge in [-0.1, -0.05) is 13.8 Å². The summed E-state index contributed by atoms with van der Waals surface area (Å²) >= 11 is 0. The Bertz CT molecular complexity index is 495. The number of hydrogen-bond donors (Lipinski definition) is 0. The molecule has 22 heavy (non-hydrogen) atoms. The van der Waals surface area contributed by atoms with Gasteiger partial charge in [-0.3, -0.25) is 4.99 Å². The minimum Gasteiger partial charge on any atom is -0.448 e. The Labute approximate surface area is 132 Å². The third kappa shape index (κ3) is 1.85. The molecule has 0 amide bonds. The quantitative estimate of drug-likeness (QED) is 0.697. The Morgan fingerprint density at radius 3 is 2.73 bits per heavy atom. The molecule has 7 unspecified atom stereocenters. The number of rotatable bonds is 1. The van der Waals surface area contributed by atoms with Crippen LogP contribution in [0.1, 0.15) is 53.4 Å². The molecule has 5 aliphatic rings. The first-order valence-corrected chi connectivity index (χ1v) is 8.76. The van der Waals surface area contributed by atoms with Crippen LogP contribution in [0.2, 0.25) is 0 Å². The molecule has 5 heteroatoms. The van der Waals surface area contributed by atoms with Gasteiger partial charge >= 0.3 is 0 Å². The van der Waals surface area contributed by atoms with Crippen LogP contribution in [-0.4, -0.2) is 30.1 Å². The highest BCUT2D eigenvalue weighted by molar-refractivity contribution is 5.80. The average Bonchev–Trinajstić information content (AvgIpc) is 2.71. The second-order valence-corrected chi connectivity index (χ2v) is 7.63. The second-order valence-electron chi connectivity index (χ2n) is 7.63. The van der Waals surface area contributed by atoms with Crippen LogP contribution in [0.15, 0.2) is 4.99 Å². The van der Waals surface area contributed by atoms with E-state index in [1.807, 2.05) is 13.8 Å². The van der Waals surface area contributed by atoms with E-state index in [-0.39, 0.29) is 5.92 Å². The van der Waals surface area contributed by atoms with Crippen LogP contribution in [0.5, 0.6) is 0 Å². The number of nitrogens with zero attached hydrogens (tertiary/aromatic N) is 1. The molecule has 2 bridgehead atoms. The van der Waals surface area contributed by atoms with Crippen molar-refractivity contribution in [2.24, 2.45) is 28.7 Å². The summed E-state index contributed by atoms with van der Waals surface area (Å²) in [6.07, 6.45) is 3.87. The fraction of sp³-hybridized carbons (Fsp3) is 0.941. The highest BCUT2D eigenvalue weighted by Gasteiger charge is 2.69. The maximum absolute atomic E-state index is 6.25. The van der Waals surface area contributed by atoms with Gasteiger partial charge in [0.1, 0.15) is 0 Å². The van der Waals surface area contributed by atoms with Crippen LogP contribution < -0.4 is 0 Å². The number of aliphatic imine (C=N–C) groups is 1. The van der Waals surface area contributed by atoms with Gasteiger partial charge < -0.3 is 9.47 Å². The van der Waals surface area contributed by atoms with Crippen LogP contribution in [0.25, 0.3) is 0 Å². The summed E-state index contributed by atoms with van der Waals surface area (Å²) in [6, 6.07) is 0. The molecule has 0 aromatic rings. The molecular formula is C17H27NO4. The number of fused-ring (bicyclic) bond motifs is 2. The van der Waals surface area contributed by atoms with Gasteiger partial charge in [-0.25, -0.2) is 9.78 Å². The first-order chi connectivity index (χ1) is 10.5. The lowest BCUT2D eigenvalue weighted by atomic mass is 9.58. The van der Waals surface area contributed by atoms with Gasteiger partial charge in [0.25, 0.3) is 0 Å². The van der Waals surface area contributed by atoms with Gasteiger partial charge in [0.15, 0.2) is 11.5 Å². The molecule has 0 radical (unpaired) electrons. The van der Waals surface area contributed by atoms with E-state index in [1.165, 1.54) is 6.42 Å². The number of ether oxygens (including phenoxy) is 2. The molecule has 5 rings (SSSR count). The predicted octanol–water partition coefficient (Wildman–Crippen LogP) is 3.29. The fourth-order valence-corrected chi connectivity index (χ4v) is 5.11. The SMILES string of the molecule is CC/N=C1/OC2OC3(C)CCC4C(C)CCC(C1C)C24OO3. The topological polar surface area (TPSA) is 49.3 Å². The lowest BCUT2D eigenvalue weighted by Gasteiger charge is -2.58. The van der Waals surface area contributed by atoms with Gasteiger partial charge in [-0.05, 0) is 39.0 Å². The van der Waals surface area contributed by atoms with E-state index in [0.29, 0.717) is 17.8 Å². The van der Waals surface area contributed by atoms with E-state index in [9.17, 15) is 0 Å². The van der Waals surface area contributed by atoms with Crippen molar-refractivity contribution in [3.8, 4) is 0 Å². The smallest absolute Gasteiger partial charge is 0.237 e. The zero-order valence-electron chi connectivity index (χ0n) is 14.0. The molecule has 0 aromatic heterocycles. The van der Waals surface area contributed by atoms with Crippen molar-refractivity contribution in [2.75, 3.05) is 6.54 Å². The van der Waals surface area contributed by atoms with Crippen molar-refractivity contribution >= 4 is 5.90 Å². The zero-order chi connectivity index (χ0) is 15.5. The Kier molecular flexibility index (Phi) is 3.34. The van der Waals surface area contributed by atoms with Crippen molar-refractivity contribution < 1.29 is 19.2 Å². The maximum Gasteiger partial charge on any atom is 0.237 e. The lowest BCUT2D eigenvalue weighted by Crippen LogP contribution is -2.69. The van der Waals surface area contributed by atoms with E-state index in [1.54, 1.807) is 0 Å². The standard InChI is InChI=1S/C17H27NO4/c1-5-18-14-11(3)13-7-6-10(2)12-8-9-16(4)20-15(19-14)17(12,13)22-21-16/h10-13,15H,5-9H2,1-4H3/b18-14+. The monoisotopic (exact) mass is 309 g/mol. The first kappa shape index (κ1) is 14.9. The van der Waals surface area contributed by atoms with Gasteiger partial charge in [-0.2, -0.15) is 0 Å². The van der Waals surface area contributed by atoms with Crippen molar-refractivity contribution in [1.29, 1.82) is 0 Å². The minimum absolute atomic E-state index is 0.251. The van der Waals surface area contributed by atoms with E-state index in [4.69, 9.17) is 19.2 Å². The average molecular weight is 309 g/mol. The summed E-state index contributed by atoms with van der Waals surface area (Å²) in [5.41, 5.74) is -0.472. The molecule has 7 atom stereocenters. The Morgan fingerprint density at radius 1 is 1.14 bits per heavy atom. The molecule has 0 aromatic carbocycles. The molecule has 124 valence electrons.